The second kappa shape index (κ2) is 12.4. The van der Waals surface area contributed by atoms with Gasteiger partial charge < -0.3 is 24.2 Å². The van der Waals surface area contributed by atoms with Crippen LogP contribution in [0.3, 0.4) is 0 Å². The average Bonchev–Trinajstić information content (AvgIpc) is 2.86. The molecule has 1 aliphatic rings. The molecule has 8 nitrogen and oxygen atoms in total. The van der Waals surface area contributed by atoms with Gasteiger partial charge in [-0.2, -0.15) is 0 Å². The zero-order valence-electron chi connectivity index (χ0n) is 21.9. The number of carbonyl (C=O) groups excluding carboxylic acids is 3. The van der Waals surface area contributed by atoms with E-state index in [0.29, 0.717) is 17.9 Å². The highest BCUT2D eigenvalue weighted by Crippen LogP contribution is 2.23. The molecule has 2 atom stereocenters. The summed E-state index contributed by atoms with van der Waals surface area (Å²) < 4.78 is 10.9. The van der Waals surface area contributed by atoms with Crippen LogP contribution in [-0.2, 0) is 20.9 Å². The summed E-state index contributed by atoms with van der Waals surface area (Å²) >= 11 is 0. The van der Waals surface area contributed by atoms with Gasteiger partial charge in [0, 0.05) is 45.5 Å². The quantitative estimate of drug-likeness (QED) is 0.493. The summed E-state index contributed by atoms with van der Waals surface area (Å²) in [6.07, 6.45) is 3.15. The lowest BCUT2D eigenvalue weighted by atomic mass is 9.97. The molecule has 0 aromatic heterocycles. The van der Waals surface area contributed by atoms with Crippen molar-refractivity contribution < 1.29 is 23.9 Å². The Morgan fingerprint density at radius 3 is 2.08 bits per heavy atom. The summed E-state index contributed by atoms with van der Waals surface area (Å²) in [5.74, 6) is -0.423. The Bertz CT molecular complexity index is 1030. The van der Waals surface area contributed by atoms with E-state index < -0.39 is 5.97 Å². The molecular formula is C28H37N3O5. The lowest BCUT2D eigenvalue weighted by Crippen LogP contribution is -2.49. The van der Waals surface area contributed by atoms with E-state index in [2.05, 4.69) is 13.8 Å². The van der Waals surface area contributed by atoms with Crippen molar-refractivity contribution >= 4 is 23.5 Å². The summed E-state index contributed by atoms with van der Waals surface area (Å²) in [4.78, 5) is 42.9. The van der Waals surface area contributed by atoms with Crippen LogP contribution >= 0.6 is 0 Å². The monoisotopic (exact) mass is 495 g/mol. The first-order valence-corrected chi connectivity index (χ1v) is 12.4. The smallest absolute Gasteiger partial charge is 0.338 e. The van der Waals surface area contributed by atoms with Crippen molar-refractivity contribution in [1.29, 1.82) is 0 Å². The molecule has 8 heteroatoms. The number of hydrogen-bond acceptors (Lipinski definition) is 6. The van der Waals surface area contributed by atoms with Crippen molar-refractivity contribution in [3.63, 3.8) is 0 Å². The van der Waals surface area contributed by atoms with E-state index >= 15 is 0 Å². The van der Waals surface area contributed by atoms with Crippen LogP contribution in [0, 0.1) is 0 Å². The number of likely N-dealkylation sites (tertiary alicyclic amines) is 1. The second-order valence-corrected chi connectivity index (χ2v) is 9.63. The fraction of sp³-hybridized carbons (Fsp3) is 0.464. The summed E-state index contributed by atoms with van der Waals surface area (Å²) in [5.41, 5.74) is 2.37. The van der Waals surface area contributed by atoms with E-state index in [9.17, 15) is 14.4 Å². The fourth-order valence-electron chi connectivity index (χ4n) is 4.40. The summed E-state index contributed by atoms with van der Waals surface area (Å²) in [7, 11) is 5.62. The van der Waals surface area contributed by atoms with Crippen LogP contribution in [0.4, 0.5) is 5.69 Å². The molecule has 1 fully saturated rings. The van der Waals surface area contributed by atoms with E-state index in [0.717, 1.165) is 30.5 Å². The van der Waals surface area contributed by atoms with E-state index in [4.69, 9.17) is 9.47 Å². The lowest BCUT2D eigenvalue weighted by molar-refractivity contribution is -0.139. The van der Waals surface area contributed by atoms with Gasteiger partial charge in [-0.25, -0.2) is 4.79 Å². The first-order valence-electron chi connectivity index (χ1n) is 12.4. The Kier molecular flexibility index (Phi) is 9.33. The summed E-state index contributed by atoms with van der Waals surface area (Å²) in [6, 6.07) is 14.7. The number of benzene rings is 2. The van der Waals surface area contributed by atoms with Crippen LogP contribution < -0.4 is 9.64 Å². The van der Waals surface area contributed by atoms with E-state index in [1.165, 1.54) is 4.90 Å². The van der Waals surface area contributed by atoms with Crippen molar-refractivity contribution in [1.82, 2.24) is 9.80 Å². The molecule has 3 rings (SSSR count). The summed E-state index contributed by atoms with van der Waals surface area (Å²) in [6.45, 7) is 4.17. The van der Waals surface area contributed by atoms with Crippen LogP contribution in [-0.4, -0.2) is 74.0 Å². The number of amides is 2. The molecule has 0 N–H and O–H groups in total. The van der Waals surface area contributed by atoms with Gasteiger partial charge >= 0.3 is 5.97 Å². The highest BCUT2D eigenvalue weighted by molar-refractivity contribution is 5.91. The number of piperidine rings is 1. The summed E-state index contributed by atoms with van der Waals surface area (Å²) in [5, 5.41) is 0. The Morgan fingerprint density at radius 2 is 1.50 bits per heavy atom. The molecule has 1 aliphatic heterocycles. The van der Waals surface area contributed by atoms with Gasteiger partial charge in [0.05, 0.1) is 5.56 Å². The maximum absolute atomic E-state index is 12.6. The van der Waals surface area contributed by atoms with Crippen LogP contribution in [0.15, 0.2) is 48.5 Å². The number of hydrogen-bond donors (Lipinski definition) is 0. The molecule has 36 heavy (non-hydrogen) atoms. The number of likely N-dealkylation sites (N-methyl/N-ethyl adjacent to an activating group) is 1. The van der Waals surface area contributed by atoms with Crippen LogP contribution in [0.5, 0.6) is 5.75 Å². The van der Waals surface area contributed by atoms with Gasteiger partial charge in [0.25, 0.3) is 11.8 Å². The number of esters is 1. The minimum Gasteiger partial charge on any atom is -0.484 e. The Labute approximate surface area is 213 Å². The number of rotatable bonds is 9. The molecule has 0 saturated carbocycles. The molecule has 2 amide bonds. The Morgan fingerprint density at radius 1 is 0.889 bits per heavy atom. The van der Waals surface area contributed by atoms with Crippen LogP contribution in [0.2, 0.25) is 0 Å². The minimum atomic E-state index is -0.592. The molecule has 0 spiro atoms. The lowest BCUT2D eigenvalue weighted by Gasteiger charge is -2.38. The van der Waals surface area contributed by atoms with E-state index in [1.54, 1.807) is 31.3 Å². The first kappa shape index (κ1) is 27.0. The number of nitrogens with zero attached hydrogens (tertiary/aromatic N) is 3. The maximum atomic E-state index is 12.6. The maximum Gasteiger partial charge on any atom is 0.338 e. The normalized spacial score (nSPS) is 17.3. The number of carbonyl (C=O) groups is 3. The minimum absolute atomic E-state index is 0.0329. The van der Waals surface area contributed by atoms with Crippen LogP contribution in [0.25, 0.3) is 0 Å². The Balaban J connectivity index is 1.44. The number of anilines is 1. The highest BCUT2D eigenvalue weighted by Gasteiger charge is 2.29. The van der Waals surface area contributed by atoms with Crippen molar-refractivity contribution in [3.8, 4) is 5.75 Å². The highest BCUT2D eigenvalue weighted by atomic mass is 16.5. The van der Waals surface area contributed by atoms with Crippen molar-refractivity contribution in [3.05, 3.63) is 59.7 Å². The molecule has 0 unspecified atom stereocenters. The fourth-order valence-corrected chi connectivity index (χ4v) is 4.40. The molecule has 194 valence electrons. The molecule has 2 aromatic rings. The Hall–Kier alpha value is -3.55. The topological polar surface area (TPSA) is 79.4 Å². The largest absolute Gasteiger partial charge is 0.484 e. The van der Waals surface area contributed by atoms with Gasteiger partial charge in [0.2, 0.25) is 0 Å². The number of ether oxygens (including phenoxy) is 2. The predicted octanol–water partition coefficient (Wildman–Crippen LogP) is 3.74. The van der Waals surface area contributed by atoms with Gasteiger partial charge in [-0.3, -0.25) is 9.59 Å². The van der Waals surface area contributed by atoms with Gasteiger partial charge in [-0.05, 0) is 75.1 Å². The molecule has 1 heterocycles. The third kappa shape index (κ3) is 7.23. The third-order valence-electron chi connectivity index (χ3n) is 6.56. The van der Waals surface area contributed by atoms with Gasteiger partial charge in [0.1, 0.15) is 5.75 Å². The van der Waals surface area contributed by atoms with Crippen molar-refractivity contribution in [2.24, 2.45) is 0 Å². The average molecular weight is 496 g/mol. The molecular weight excluding hydrogens is 458 g/mol. The molecule has 0 bridgehead atoms. The van der Waals surface area contributed by atoms with Gasteiger partial charge in [-0.15, -0.1) is 0 Å². The van der Waals surface area contributed by atoms with Gasteiger partial charge in [-0.1, -0.05) is 12.1 Å². The molecule has 1 saturated heterocycles. The van der Waals surface area contributed by atoms with E-state index in [-0.39, 0.29) is 37.1 Å². The van der Waals surface area contributed by atoms with Crippen molar-refractivity contribution in [2.75, 3.05) is 39.3 Å². The molecule has 0 radical (unpaired) electrons. The zero-order valence-corrected chi connectivity index (χ0v) is 21.9. The first-order chi connectivity index (χ1) is 17.2. The van der Waals surface area contributed by atoms with Crippen molar-refractivity contribution in [2.45, 2.75) is 51.7 Å². The second-order valence-electron chi connectivity index (χ2n) is 9.63. The van der Waals surface area contributed by atoms with Gasteiger partial charge in [0.15, 0.2) is 13.2 Å². The molecule has 0 aliphatic carbocycles. The zero-order chi connectivity index (χ0) is 26.2. The standard InChI is InChI=1S/C28H37N3O5/c1-20-7-6-8-21(2)31(20)27(33)19-35-25-15-11-23(12-16-25)28(34)36-18-26(32)30(5)17-22-9-13-24(14-10-22)29(3)4/h9-16,20-21H,6-8,17-19H2,1-5H3/t20-,21+. The predicted molar refractivity (Wildman–Crippen MR) is 139 cm³/mol. The third-order valence-corrected chi connectivity index (χ3v) is 6.56. The SMILES string of the molecule is C[C@@H]1CCC[C@H](C)N1C(=O)COc1ccc(C(=O)OCC(=O)N(C)Cc2ccc(N(C)C)cc2)cc1. The van der Waals surface area contributed by atoms with Crippen LogP contribution in [0.1, 0.15) is 49.0 Å². The molecule has 2 aromatic carbocycles. The van der Waals surface area contributed by atoms with E-state index in [1.807, 2.05) is 48.2 Å².